The van der Waals surface area contributed by atoms with Crippen molar-refractivity contribution in [1.82, 2.24) is 4.98 Å². The Balaban J connectivity index is 2.24. The van der Waals surface area contributed by atoms with Gasteiger partial charge in [0.2, 0.25) is 5.78 Å². The normalized spacial score (nSPS) is 11.7. The highest BCUT2D eigenvalue weighted by molar-refractivity contribution is 6.32. The van der Waals surface area contributed by atoms with Gasteiger partial charge in [0.05, 0.1) is 27.8 Å². The van der Waals surface area contributed by atoms with Crippen LogP contribution in [0.25, 0.3) is 0 Å². The minimum Gasteiger partial charge on any atom is -0.481 e. The summed E-state index contributed by atoms with van der Waals surface area (Å²) >= 11 is 6.00. The second-order valence-corrected chi connectivity index (χ2v) is 6.25. The van der Waals surface area contributed by atoms with Crippen LogP contribution in [0.2, 0.25) is 5.02 Å². The lowest BCUT2D eigenvalue weighted by molar-refractivity contribution is -0.384. The van der Waals surface area contributed by atoms with E-state index in [4.69, 9.17) is 21.1 Å². The molecule has 1 atom stereocenters. The standard InChI is InChI=1S/C18H19ClN2O6/c1-5-26-18(23)15-9(2)16(20-10(15)3)17(22)11(4)27-14-7-6-12(21(24)25)8-13(14)19/h6-8,11,20H,5H2,1-4H3/t11-/m0/s1. The van der Waals surface area contributed by atoms with E-state index in [2.05, 4.69) is 4.98 Å². The summed E-state index contributed by atoms with van der Waals surface area (Å²) in [6.45, 7) is 6.78. The third-order valence-electron chi connectivity index (χ3n) is 3.96. The van der Waals surface area contributed by atoms with Gasteiger partial charge in [-0.3, -0.25) is 14.9 Å². The number of carbonyl (C=O) groups excluding carboxylic acids is 2. The topological polar surface area (TPSA) is 112 Å². The first-order valence-corrected chi connectivity index (χ1v) is 8.56. The van der Waals surface area contributed by atoms with Crippen molar-refractivity contribution in [3.63, 3.8) is 0 Å². The van der Waals surface area contributed by atoms with Crippen LogP contribution in [0, 0.1) is 24.0 Å². The fourth-order valence-electron chi connectivity index (χ4n) is 2.65. The molecule has 0 spiro atoms. The molecule has 144 valence electrons. The molecule has 0 aliphatic rings. The van der Waals surface area contributed by atoms with Gasteiger partial charge in [-0.1, -0.05) is 11.6 Å². The number of ether oxygens (including phenoxy) is 2. The lowest BCUT2D eigenvalue weighted by atomic mass is 10.1. The van der Waals surface area contributed by atoms with Gasteiger partial charge in [0, 0.05) is 17.8 Å². The van der Waals surface area contributed by atoms with E-state index in [9.17, 15) is 19.7 Å². The van der Waals surface area contributed by atoms with Gasteiger partial charge in [0.1, 0.15) is 5.75 Å². The van der Waals surface area contributed by atoms with E-state index in [1.54, 1.807) is 20.8 Å². The molecule has 0 bridgehead atoms. The Bertz CT molecular complexity index is 905. The summed E-state index contributed by atoms with van der Waals surface area (Å²) in [5, 5.41) is 10.8. The minimum atomic E-state index is -0.934. The van der Waals surface area contributed by atoms with Crippen molar-refractivity contribution in [2.45, 2.75) is 33.8 Å². The molecule has 0 aliphatic carbocycles. The van der Waals surface area contributed by atoms with E-state index in [-0.39, 0.29) is 34.5 Å². The second kappa shape index (κ2) is 8.22. The Kier molecular flexibility index (Phi) is 6.22. The molecule has 9 heteroatoms. The first kappa shape index (κ1) is 20.4. The third kappa shape index (κ3) is 4.28. The van der Waals surface area contributed by atoms with Crippen LogP contribution >= 0.6 is 11.6 Å². The van der Waals surface area contributed by atoms with Crippen molar-refractivity contribution in [3.8, 4) is 5.75 Å². The summed E-state index contributed by atoms with van der Waals surface area (Å²) < 4.78 is 10.6. The summed E-state index contributed by atoms with van der Waals surface area (Å²) in [7, 11) is 0. The number of nitro groups is 1. The van der Waals surface area contributed by atoms with Gasteiger partial charge in [0.15, 0.2) is 6.10 Å². The van der Waals surface area contributed by atoms with Crippen LogP contribution in [-0.4, -0.2) is 34.4 Å². The number of esters is 1. The van der Waals surface area contributed by atoms with Gasteiger partial charge in [-0.05, 0) is 39.3 Å². The van der Waals surface area contributed by atoms with Crippen molar-refractivity contribution in [1.29, 1.82) is 0 Å². The molecule has 0 fully saturated rings. The van der Waals surface area contributed by atoms with E-state index >= 15 is 0 Å². The monoisotopic (exact) mass is 394 g/mol. The molecule has 2 rings (SSSR count). The molecular weight excluding hydrogens is 376 g/mol. The number of aromatic amines is 1. The predicted molar refractivity (Wildman–Crippen MR) is 98.8 cm³/mol. The number of hydrogen-bond acceptors (Lipinski definition) is 6. The number of aromatic nitrogens is 1. The number of H-pyrrole nitrogens is 1. The molecule has 0 amide bonds. The first-order valence-electron chi connectivity index (χ1n) is 8.18. The molecule has 2 aromatic rings. The molecule has 0 saturated carbocycles. The number of benzene rings is 1. The van der Waals surface area contributed by atoms with Gasteiger partial charge >= 0.3 is 5.97 Å². The lowest BCUT2D eigenvalue weighted by Gasteiger charge is -2.14. The summed E-state index contributed by atoms with van der Waals surface area (Å²) in [5.41, 5.74) is 1.37. The minimum absolute atomic E-state index is 0.0236. The van der Waals surface area contributed by atoms with Gasteiger partial charge in [-0.15, -0.1) is 0 Å². The smallest absolute Gasteiger partial charge is 0.340 e. The number of ketones is 1. The summed E-state index contributed by atoms with van der Waals surface area (Å²) in [6.07, 6.45) is -0.934. The van der Waals surface area contributed by atoms with Crippen LogP contribution < -0.4 is 4.74 Å². The Morgan fingerprint density at radius 2 is 2.00 bits per heavy atom. The van der Waals surface area contributed by atoms with Crippen molar-refractivity contribution >= 4 is 29.0 Å². The fraction of sp³-hybridized carbons (Fsp3) is 0.333. The molecule has 1 N–H and O–H groups in total. The molecule has 1 aromatic carbocycles. The number of non-ortho nitro benzene ring substituents is 1. The molecule has 1 aromatic heterocycles. The SMILES string of the molecule is CCOC(=O)c1c(C)[nH]c(C(=O)[C@H](C)Oc2ccc([N+](=O)[O-])cc2Cl)c1C. The Morgan fingerprint density at radius 3 is 2.56 bits per heavy atom. The highest BCUT2D eigenvalue weighted by Gasteiger charge is 2.27. The number of nitro benzene ring substituents is 1. The average Bonchev–Trinajstić information content (AvgIpc) is 2.90. The molecule has 0 aliphatic heterocycles. The van der Waals surface area contributed by atoms with E-state index in [1.807, 2.05) is 0 Å². The number of carbonyl (C=O) groups is 2. The maximum absolute atomic E-state index is 12.7. The highest BCUT2D eigenvalue weighted by atomic mass is 35.5. The number of nitrogens with zero attached hydrogens (tertiary/aromatic N) is 1. The molecule has 27 heavy (non-hydrogen) atoms. The van der Waals surface area contributed by atoms with Gasteiger partial charge in [0.25, 0.3) is 5.69 Å². The van der Waals surface area contributed by atoms with Crippen LogP contribution in [0.5, 0.6) is 5.75 Å². The van der Waals surface area contributed by atoms with Crippen LogP contribution in [-0.2, 0) is 4.74 Å². The van der Waals surface area contributed by atoms with Crippen molar-refractivity contribution in [2.75, 3.05) is 6.61 Å². The summed E-state index contributed by atoms with van der Waals surface area (Å²) in [4.78, 5) is 37.9. The average molecular weight is 395 g/mol. The maximum atomic E-state index is 12.7. The summed E-state index contributed by atoms with van der Waals surface area (Å²) in [6, 6.07) is 3.72. The molecule has 1 heterocycles. The van der Waals surface area contributed by atoms with Crippen molar-refractivity contribution in [2.24, 2.45) is 0 Å². The molecule has 8 nitrogen and oxygen atoms in total. The Labute approximate surface area is 160 Å². The van der Waals surface area contributed by atoms with Crippen LogP contribution in [0.15, 0.2) is 18.2 Å². The highest BCUT2D eigenvalue weighted by Crippen LogP contribution is 2.30. The Morgan fingerprint density at radius 1 is 1.33 bits per heavy atom. The molecular formula is C18H19ClN2O6. The number of rotatable bonds is 7. The number of aryl methyl sites for hydroxylation is 1. The van der Waals surface area contributed by atoms with E-state index < -0.39 is 17.0 Å². The third-order valence-corrected chi connectivity index (χ3v) is 4.26. The maximum Gasteiger partial charge on any atom is 0.340 e. The van der Waals surface area contributed by atoms with E-state index in [0.717, 1.165) is 6.07 Å². The second-order valence-electron chi connectivity index (χ2n) is 5.84. The van der Waals surface area contributed by atoms with Crippen molar-refractivity contribution in [3.05, 3.63) is 55.9 Å². The van der Waals surface area contributed by atoms with Gasteiger partial charge < -0.3 is 14.5 Å². The molecule has 0 saturated heterocycles. The van der Waals surface area contributed by atoms with Gasteiger partial charge in [-0.25, -0.2) is 4.79 Å². The predicted octanol–water partition coefficient (Wildman–Crippen LogP) is 4.02. The zero-order valence-electron chi connectivity index (χ0n) is 15.3. The molecule has 0 unspecified atom stereocenters. The lowest BCUT2D eigenvalue weighted by Crippen LogP contribution is -2.25. The fourth-order valence-corrected chi connectivity index (χ4v) is 2.87. The van der Waals surface area contributed by atoms with E-state index in [1.165, 1.54) is 19.1 Å². The van der Waals surface area contributed by atoms with Crippen molar-refractivity contribution < 1.29 is 24.0 Å². The van der Waals surface area contributed by atoms with E-state index in [0.29, 0.717) is 16.8 Å². The Hall–Kier alpha value is -2.87. The first-order chi connectivity index (χ1) is 12.7. The zero-order chi connectivity index (χ0) is 20.3. The largest absolute Gasteiger partial charge is 0.481 e. The number of Topliss-reactive ketones (excluding diaryl/α,β-unsaturated/α-hetero) is 1. The van der Waals surface area contributed by atoms with Crippen LogP contribution in [0.1, 0.15) is 46.0 Å². The number of nitrogens with one attached hydrogen (secondary N) is 1. The number of halogens is 1. The van der Waals surface area contributed by atoms with Gasteiger partial charge in [-0.2, -0.15) is 0 Å². The van der Waals surface area contributed by atoms with Crippen LogP contribution in [0.3, 0.4) is 0 Å². The zero-order valence-corrected chi connectivity index (χ0v) is 16.0. The van der Waals surface area contributed by atoms with Crippen LogP contribution in [0.4, 0.5) is 5.69 Å². The number of hydrogen-bond donors (Lipinski definition) is 1. The molecule has 0 radical (unpaired) electrons. The quantitative estimate of drug-likeness (QED) is 0.328. The summed E-state index contributed by atoms with van der Waals surface area (Å²) in [5.74, 6) is -0.745.